The van der Waals surface area contributed by atoms with Gasteiger partial charge in [-0.3, -0.25) is 0 Å². The molecule has 0 saturated carbocycles. The molecule has 22 heavy (non-hydrogen) atoms. The fourth-order valence-electron chi connectivity index (χ4n) is 2.42. The fourth-order valence-corrected chi connectivity index (χ4v) is 2.42. The molecule has 1 aliphatic heterocycles. The zero-order valence-corrected chi connectivity index (χ0v) is 13.2. The normalized spacial score (nSPS) is 13.1. The number of carbonyl (C=O) groups is 1. The average Bonchev–Trinajstić information content (AvgIpc) is 2.56. The fraction of sp³-hybridized carbons (Fsp3) is 0.625. The predicted octanol–water partition coefficient (Wildman–Crippen LogP) is 2.13. The number of carbonyl (C=O) groups excluding carboxylic acids is 1. The number of pyridine rings is 1. The van der Waals surface area contributed by atoms with Gasteiger partial charge in [-0.2, -0.15) is 0 Å². The van der Waals surface area contributed by atoms with Gasteiger partial charge in [-0.1, -0.05) is 6.07 Å². The lowest BCUT2D eigenvalue weighted by molar-refractivity contribution is 0.126. The van der Waals surface area contributed by atoms with Crippen LogP contribution in [0.5, 0.6) is 0 Å². The molecule has 2 heterocycles. The quantitative estimate of drug-likeness (QED) is 0.720. The molecular weight excluding hydrogens is 282 g/mol. The number of methoxy groups -OCH3 is 1. The summed E-state index contributed by atoms with van der Waals surface area (Å²) in [4.78, 5) is 15.5. The van der Waals surface area contributed by atoms with Crippen LogP contribution in [0.25, 0.3) is 0 Å². The highest BCUT2D eigenvalue weighted by atomic mass is 16.5. The Bertz CT molecular complexity index is 480. The van der Waals surface area contributed by atoms with E-state index in [0.29, 0.717) is 19.8 Å². The molecule has 2 rings (SSSR count). The minimum atomic E-state index is -0.421. The first-order valence-corrected chi connectivity index (χ1v) is 7.92. The van der Waals surface area contributed by atoms with Crippen LogP contribution < -0.4 is 10.6 Å². The number of unbranched alkanes of at least 4 members (excludes halogenated alkanes) is 1. The number of ether oxygens (including phenoxy) is 2. The molecule has 0 aromatic carbocycles. The standard InChI is InChI=1S/C16H25N3O3/c1-21-16(20)18-10-12-22-11-3-2-6-14-8-7-13-5-4-9-17-15(13)19-14/h7-8H,2-6,9-12H2,1H3,(H,17,19)(H,18,20). The molecule has 0 saturated heterocycles. The monoisotopic (exact) mass is 307 g/mol. The van der Waals surface area contributed by atoms with Crippen LogP contribution in [0.15, 0.2) is 12.1 Å². The lowest BCUT2D eigenvalue weighted by atomic mass is 10.1. The molecule has 1 amide bonds. The highest BCUT2D eigenvalue weighted by Gasteiger charge is 2.09. The maximum absolute atomic E-state index is 10.8. The zero-order valence-electron chi connectivity index (χ0n) is 13.2. The number of anilines is 1. The van der Waals surface area contributed by atoms with Gasteiger partial charge in [0.15, 0.2) is 0 Å². The van der Waals surface area contributed by atoms with Gasteiger partial charge in [0.05, 0.1) is 13.7 Å². The Hall–Kier alpha value is -1.82. The van der Waals surface area contributed by atoms with E-state index in [9.17, 15) is 4.79 Å². The van der Waals surface area contributed by atoms with Crippen LogP contribution in [-0.2, 0) is 22.3 Å². The van der Waals surface area contributed by atoms with Crippen molar-refractivity contribution in [2.45, 2.75) is 32.1 Å². The third kappa shape index (κ3) is 5.52. The van der Waals surface area contributed by atoms with Crippen LogP contribution in [-0.4, -0.2) is 44.5 Å². The summed E-state index contributed by atoms with van der Waals surface area (Å²) in [5, 5.41) is 5.94. The number of amides is 1. The molecule has 1 aromatic rings. The molecule has 0 fully saturated rings. The number of nitrogens with one attached hydrogen (secondary N) is 2. The van der Waals surface area contributed by atoms with Crippen molar-refractivity contribution < 1.29 is 14.3 Å². The minimum absolute atomic E-state index is 0.421. The van der Waals surface area contributed by atoms with E-state index in [-0.39, 0.29) is 0 Å². The molecule has 6 nitrogen and oxygen atoms in total. The van der Waals surface area contributed by atoms with Crippen LogP contribution in [0, 0.1) is 0 Å². The molecule has 0 unspecified atom stereocenters. The van der Waals surface area contributed by atoms with E-state index in [1.165, 1.54) is 19.1 Å². The topological polar surface area (TPSA) is 72.5 Å². The largest absolute Gasteiger partial charge is 0.453 e. The summed E-state index contributed by atoms with van der Waals surface area (Å²) in [7, 11) is 1.35. The van der Waals surface area contributed by atoms with Crippen molar-refractivity contribution in [2.24, 2.45) is 0 Å². The lowest BCUT2D eigenvalue weighted by Gasteiger charge is -2.17. The van der Waals surface area contributed by atoms with Crippen molar-refractivity contribution in [3.63, 3.8) is 0 Å². The lowest BCUT2D eigenvalue weighted by Crippen LogP contribution is -2.27. The zero-order chi connectivity index (χ0) is 15.6. The highest BCUT2D eigenvalue weighted by molar-refractivity contribution is 5.66. The summed E-state index contributed by atoms with van der Waals surface area (Å²) < 4.78 is 9.92. The SMILES string of the molecule is COC(=O)NCCOCCCCc1ccc2c(n1)NCCC2. The molecule has 1 aromatic heterocycles. The molecule has 0 radical (unpaired) electrons. The molecule has 2 N–H and O–H groups in total. The first-order valence-electron chi connectivity index (χ1n) is 7.92. The Morgan fingerprint density at radius 3 is 3.14 bits per heavy atom. The maximum atomic E-state index is 10.8. The summed E-state index contributed by atoms with van der Waals surface area (Å²) in [5.74, 6) is 1.06. The van der Waals surface area contributed by atoms with Gasteiger partial charge in [-0.15, -0.1) is 0 Å². The summed E-state index contributed by atoms with van der Waals surface area (Å²) in [6.07, 6.45) is 4.91. The van der Waals surface area contributed by atoms with Crippen molar-refractivity contribution in [1.82, 2.24) is 10.3 Å². The van der Waals surface area contributed by atoms with E-state index in [4.69, 9.17) is 4.74 Å². The Morgan fingerprint density at radius 1 is 1.36 bits per heavy atom. The molecule has 0 bridgehead atoms. The van der Waals surface area contributed by atoms with Crippen LogP contribution in [0.2, 0.25) is 0 Å². The van der Waals surface area contributed by atoms with Crippen LogP contribution in [0.1, 0.15) is 30.5 Å². The Morgan fingerprint density at radius 2 is 2.27 bits per heavy atom. The number of aromatic nitrogens is 1. The van der Waals surface area contributed by atoms with E-state index in [2.05, 4.69) is 32.5 Å². The number of hydrogen-bond acceptors (Lipinski definition) is 5. The van der Waals surface area contributed by atoms with Crippen molar-refractivity contribution in [2.75, 3.05) is 38.7 Å². The van der Waals surface area contributed by atoms with E-state index in [0.717, 1.165) is 43.7 Å². The number of alkyl carbamates (subject to hydrolysis) is 1. The molecule has 0 spiro atoms. The van der Waals surface area contributed by atoms with Crippen molar-refractivity contribution in [3.8, 4) is 0 Å². The Kier molecular flexibility index (Phi) is 6.96. The van der Waals surface area contributed by atoms with Gasteiger partial charge in [0.25, 0.3) is 0 Å². The Balaban J connectivity index is 1.54. The molecule has 0 aliphatic carbocycles. The van der Waals surface area contributed by atoms with Crippen molar-refractivity contribution in [1.29, 1.82) is 0 Å². The second-order valence-electron chi connectivity index (χ2n) is 5.33. The number of rotatable bonds is 8. The minimum Gasteiger partial charge on any atom is -0.453 e. The first kappa shape index (κ1) is 16.5. The third-order valence-electron chi connectivity index (χ3n) is 3.62. The van der Waals surface area contributed by atoms with Crippen LogP contribution in [0.3, 0.4) is 0 Å². The average molecular weight is 307 g/mol. The van der Waals surface area contributed by atoms with Gasteiger partial charge in [0.2, 0.25) is 0 Å². The molecule has 1 aliphatic rings. The van der Waals surface area contributed by atoms with Crippen LogP contribution in [0.4, 0.5) is 10.6 Å². The van der Waals surface area contributed by atoms with Gasteiger partial charge in [-0.25, -0.2) is 9.78 Å². The van der Waals surface area contributed by atoms with Gasteiger partial charge in [-0.05, 0) is 43.7 Å². The third-order valence-corrected chi connectivity index (χ3v) is 3.62. The second-order valence-corrected chi connectivity index (χ2v) is 5.33. The molecular formula is C16H25N3O3. The molecule has 122 valence electrons. The van der Waals surface area contributed by atoms with Crippen molar-refractivity contribution >= 4 is 11.9 Å². The van der Waals surface area contributed by atoms with E-state index < -0.39 is 6.09 Å². The van der Waals surface area contributed by atoms with Crippen molar-refractivity contribution in [3.05, 3.63) is 23.4 Å². The smallest absolute Gasteiger partial charge is 0.406 e. The predicted molar refractivity (Wildman–Crippen MR) is 85.2 cm³/mol. The van der Waals surface area contributed by atoms with Crippen LogP contribution >= 0.6 is 0 Å². The second kappa shape index (κ2) is 9.25. The molecule has 6 heteroatoms. The van der Waals surface area contributed by atoms with E-state index >= 15 is 0 Å². The molecule has 0 atom stereocenters. The van der Waals surface area contributed by atoms with E-state index in [1.54, 1.807) is 0 Å². The van der Waals surface area contributed by atoms with E-state index in [1.807, 2.05) is 0 Å². The summed E-state index contributed by atoms with van der Waals surface area (Å²) in [6, 6.07) is 4.33. The number of nitrogens with zero attached hydrogens (tertiary/aromatic N) is 1. The summed E-state index contributed by atoms with van der Waals surface area (Å²) in [5.41, 5.74) is 2.47. The maximum Gasteiger partial charge on any atom is 0.406 e. The van der Waals surface area contributed by atoms with Gasteiger partial charge in [0.1, 0.15) is 5.82 Å². The van der Waals surface area contributed by atoms with Gasteiger partial charge < -0.3 is 20.1 Å². The summed E-state index contributed by atoms with van der Waals surface area (Å²) in [6.45, 7) is 2.71. The number of aryl methyl sites for hydroxylation is 2. The highest BCUT2D eigenvalue weighted by Crippen LogP contribution is 2.20. The van der Waals surface area contributed by atoms with Gasteiger partial charge >= 0.3 is 6.09 Å². The number of hydrogen-bond donors (Lipinski definition) is 2. The first-order chi connectivity index (χ1) is 10.8. The van der Waals surface area contributed by atoms with Gasteiger partial charge in [0, 0.05) is 25.4 Å². The summed E-state index contributed by atoms with van der Waals surface area (Å²) >= 11 is 0. The Labute approximate surface area is 131 Å². The number of fused-ring (bicyclic) bond motifs is 1.